The zero-order valence-electron chi connectivity index (χ0n) is 14.3. The van der Waals surface area contributed by atoms with Gasteiger partial charge in [-0.15, -0.1) is 0 Å². The standard InChI is InChI=1S/C20H25N3O2/c24-19(17-4-2-1-3-5-17)20(25)22-18-9-14-23(15-10-18)13-8-16-6-11-21-12-7-16/h1-7,11-12,18-19,24H,8-10,13-15H2,(H,22,25). The number of carbonyl (C=O) groups is 1. The Kier molecular flexibility index (Phi) is 6.14. The number of pyridine rings is 1. The van der Waals surface area contributed by atoms with Crippen LogP contribution in [0.2, 0.25) is 0 Å². The van der Waals surface area contributed by atoms with Crippen molar-refractivity contribution in [3.63, 3.8) is 0 Å². The zero-order valence-corrected chi connectivity index (χ0v) is 14.3. The summed E-state index contributed by atoms with van der Waals surface area (Å²) >= 11 is 0. The molecule has 0 saturated carbocycles. The van der Waals surface area contributed by atoms with Crippen LogP contribution in [-0.4, -0.2) is 46.6 Å². The van der Waals surface area contributed by atoms with Gasteiger partial charge in [0, 0.05) is 38.1 Å². The van der Waals surface area contributed by atoms with Gasteiger partial charge >= 0.3 is 0 Å². The van der Waals surface area contributed by atoms with Crippen LogP contribution in [0, 0.1) is 0 Å². The lowest BCUT2D eigenvalue weighted by atomic mass is 10.0. The normalized spacial score (nSPS) is 17.2. The van der Waals surface area contributed by atoms with E-state index in [-0.39, 0.29) is 11.9 Å². The summed E-state index contributed by atoms with van der Waals surface area (Å²) in [5.74, 6) is -0.304. The van der Waals surface area contributed by atoms with Gasteiger partial charge in [-0.1, -0.05) is 30.3 Å². The molecule has 1 amide bonds. The van der Waals surface area contributed by atoms with E-state index in [4.69, 9.17) is 0 Å². The van der Waals surface area contributed by atoms with Crippen molar-refractivity contribution in [2.24, 2.45) is 0 Å². The summed E-state index contributed by atoms with van der Waals surface area (Å²) in [7, 11) is 0. The molecule has 1 aromatic carbocycles. The fraction of sp³-hybridized carbons (Fsp3) is 0.400. The summed E-state index contributed by atoms with van der Waals surface area (Å²) in [5.41, 5.74) is 1.94. The topological polar surface area (TPSA) is 65.5 Å². The Morgan fingerprint density at radius 3 is 2.52 bits per heavy atom. The second-order valence-electron chi connectivity index (χ2n) is 6.54. The van der Waals surface area contributed by atoms with Crippen molar-refractivity contribution in [3.8, 4) is 0 Å². The summed E-state index contributed by atoms with van der Waals surface area (Å²) < 4.78 is 0. The number of rotatable bonds is 6. The fourth-order valence-corrected chi connectivity index (χ4v) is 3.20. The molecular weight excluding hydrogens is 314 g/mol. The molecule has 1 aliphatic heterocycles. The van der Waals surface area contributed by atoms with E-state index in [1.54, 1.807) is 12.1 Å². The van der Waals surface area contributed by atoms with E-state index in [0.29, 0.717) is 5.56 Å². The van der Waals surface area contributed by atoms with Gasteiger partial charge in [-0.25, -0.2) is 0 Å². The average Bonchev–Trinajstić information content (AvgIpc) is 2.68. The molecule has 1 saturated heterocycles. The number of nitrogens with one attached hydrogen (secondary N) is 1. The van der Waals surface area contributed by atoms with E-state index in [2.05, 4.69) is 27.3 Å². The van der Waals surface area contributed by atoms with Gasteiger partial charge in [-0.3, -0.25) is 9.78 Å². The summed E-state index contributed by atoms with van der Waals surface area (Å²) in [6.45, 7) is 2.96. The van der Waals surface area contributed by atoms with Crippen LogP contribution < -0.4 is 5.32 Å². The number of likely N-dealkylation sites (tertiary alicyclic amines) is 1. The lowest BCUT2D eigenvalue weighted by molar-refractivity contribution is -0.130. The highest BCUT2D eigenvalue weighted by atomic mass is 16.3. The fourth-order valence-electron chi connectivity index (χ4n) is 3.20. The molecule has 0 radical (unpaired) electrons. The zero-order chi connectivity index (χ0) is 17.5. The third kappa shape index (κ3) is 5.11. The SMILES string of the molecule is O=C(NC1CCN(CCc2ccncc2)CC1)C(O)c1ccccc1. The Bertz CT molecular complexity index is 655. The molecule has 0 aliphatic carbocycles. The second kappa shape index (κ2) is 8.74. The first-order chi connectivity index (χ1) is 12.2. The highest BCUT2D eigenvalue weighted by molar-refractivity contribution is 5.82. The maximum Gasteiger partial charge on any atom is 0.253 e. The highest BCUT2D eigenvalue weighted by Gasteiger charge is 2.24. The minimum atomic E-state index is -1.09. The van der Waals surface area contributed by atoms with E-state index in [0.717, 1.165) is 38.9 Å². The van der Waals surface area contributed by atoms with Crippen molar-refractivity contribution >= 4 is 5.91 Å². The number of hydrogen-bond acceptors (Lipinski definition) is 4. The lowest BCUT2D eigenvalue weighted by Crippen LogP contribution is -2.46. The van der Waals surface area contributed by atoms with Gasteiger partial charge < -0.3 is 15.3 Å². The monoisotopic (exact) mass is 339 g/mol. The van der Waals surface area contributed by atoms with Crippen LogP contribution in [0.4, 0.5) is 0 Å². The summed E-state index contributed by atoms with van der Waals surface area (Å²) in [6.07, 6.45) is 5.43. The molecule has 2 N–H and O–H groups in total. The van der Waals surface area contributed by atoms with Gasteiger partial charge in [0.2, 0.25) is 0 Å². The van der Waals surface area contributed by atoms with Crippen LogP contribution in [0.5, 0.6) is 0 Å². The molecule has 1 atom stereocenters. The van der Waals surface area contributed by atoms with Crippen molar-refractivity contribution in [3.05, 3.63) is 66.0 Å². The molecule has 1 unspecified atom stereocenters. The van der Waals surface area contributed by atoms with Crippen LogP contribution in [0.15, 0.2) is 54.9 Å². The minimum absolute atomic E-state index is 0.142. The van der Waals surface area contributed by atoms with E-state index in [1.807, 2.05) is 30.6 Å². The molecular formula is C20H25N3O2. The molecule has 3 rings (SSSR count). The largest absolute Gasteiger partial charge is 0.378 e. The molecule has 1 aromatic heterocycles. The molecule has 1 fully saturated rings. The van der Waals surface area contributed by atoms with Crippen molar-refractivity contribution in [2.75, 3.05) is 19.6 Å². The molecule has 2 aromatic rings. The number of hydrogen-bond donors (Lipinski definition) is 2. The van der Waals surface area contributed by atoms with Crippen LogP contribution in [0.1, 0.15) is 30.1 Å². The minimum Gasteiger partial charge on any atom is -0.378 e. The number of amides is 1. The van der Waals surface area contributed by atoms with Crippen molar-refractivity contribution in [1.82, 2.24) is 15.2 Å². The molecule has 5 nitrogen and oxygen atoms in total. The smallest absolute Gasteiger partial charge is 0.253 e. The van der Waals surface area contributed by atoms with Crippen LogP contribution in [-0.2, 0) is 11.2 Å². The number of nitrogens with zero attached hydrogens (tertiary/aromatic N) is 2. The molecule has 0 spiro atoms. The van der Waals surface area contributed by atoms with Crippen LogP contribution in [0.25, 0.3) is 0 Å². The number of aliphatic hydroxyl groups is 1. The number of carbonyl (C=O) groups excluding carboxylic acids is 1. The third-order valence-electron chi connectivity index (χ3n) is 4.76. The third-order valence-corrected chi connectivity index (χ3v) is 4.76. The first kappa shape index (κ1) is 17.6. The van der Waals surface area contributed by atoms with Gasteiger partial charge in [0.1, 0.15) is 0 Å². The highest BCUT2D eigenvalue weighted by Crippen LogP contribution is 2.15. The number of aromatic nitrogens is 1. The average molecular weight is 339 g/mol. The Labute approximate surface area is 148 Å². The van der Waals surface area contributed by atoms with E-state index in [1.165, 1.54) is 5.56 Å². The van der Waals surface area contributed by atoms with E-state index in [9.17, 15) is 9.90 Å². The Balaban J connectivity index is 1.41. The van der Waals surface area contributed by atoms with Gasteiger partial charge in [0.15, 0.2) is 6.10 Å². The lowest BCUT2D eigenvalue weighted by Gasteiger charge is -2.32. The molecule has 2 heterocycles. The molecule has 1 aliphatic rings. The van der Waals surface area contributed by atoms with E-state index < -0.39 is 6.10 Å². The Hall–Kier alpha value is -2.24. The predicted molar refractivity (Wildman–Crippen MR) is 96.9 cm³/mol. The van der Waals surface area contributed by atoms with Gasteiger partial charge in [0.25, 0.3) is 5.91 Å². The number of benzene rings is 1. The predicted octanol–water partition coefficient (Wildman–Crippen LogP) is 1.94. The Morgan fingerprint density at radius 2 is 1.84 bits per heavy atom. The molecule has 132 valence electrons. The van der Waals surface area contributed by atoms with Gasteiger partial charge in [-0.05, 0) is 42.5 Å². The van der Waals surface area contributed by atoms with Crippen LogP contribution >= 0.6 is 0 Å². The molecule has 5 heteroatoms. The van der Waals surface area contributed by atoms with Gasteiger partial charge in [0.05, 0.1) is 0 Å². The molecule has 0 bridgehead atoms. The summed E-state index contributed by atoms with van der Waals surface area (Å²) in [6, 6.07) is 13.3. The van der Waals surface area contributed by atoms with Gasteiger partial charge in [-0.2, -0.15) is 0 Å². The molecule has 25 heavy (non-hydrogen) atoms. The van der Waals surface area contributed by atoms with Crippen LogP contribution in [0.3, 0.4) is 0 Å². The quantitative estimate of drug-likeness (QED) is 0.844. The number of piperidine rings is 1. The van der Waals surface area contributed by atoms with Crippen molar-refractivity contribution in [1.29, 1.82) is 0 Å². The van der Waals surface area contributed by atoms with Crippen molar-refractivity contribution < 1.29 is 9.90 Å². The summed E-state index contributed by atoms with van der Waals surface area (Å²) in [4.78, 5) is 18.7. The first-order valence-electron chi connectivity index (χ1n) is 8.87. The Morgan fingerprint density at radius 1 is 1.16 bits per heavy atom. The maximum absolute atomic E-state index is 12.2. The maximum atomic E-state index is 12.2. The van der Waals surface area contributed by atoms with Crippen molar-refractivity contribution in [2.45, 2.75) is 31.4 Å². The van der Waals surface area contributed by atoms with E-state index >= 15 is 0 Å². The number of aliphatic hydroxyl groups excluding tert-OH is 1. The first-order valence-corrected chi connectivity index (χ1v) is 8.87. The second-order valence-corrected chi connectivity index (χ2v) is 6.54. The summed E-state index contributed by atoms with van der Waals surface area (Å²) in [5, 5.41) is 13.1.